The van der Waals surface area contributed by atoms with Gasteiger partial charge in [0, 0.05) is 15.7 Å². The maximum absolute atomic E-state index is 12.5. The van der Waals surface area contributed by atoms with Crippen LogP contribution in [-0.4, -0.2) is 12.5 Å². The van der Waals surface area contributed by atoms with Gasteiger partial charge in [0.15, 0.2) is 0 Å². The Bertz CT molecular complexity index is 666. The van der Waals surface area contributed by atoms with Crippen LogP contribution in [0.3, 0.4) is 0 Å². The number of para-hydroxylation sites is 1. The number of hydrogen-bond acceptors (Lipinski definition) is 2. The molecule has 0 aliphatic carbocycles. The maximum Gasteiger partial charge on any atom is 0.259 e. The molecule has 0 radical (unpaired) electrons. The lowest BCUT2D eigenvalue weighted by Crippen LogP contribution is -2.14. The lowest BCUT2D eigenvalue weighted by atomic mass is 10.1. The van der Waals surface area contributed by atoms with Gasteiger partial charge in [0.2, 0.25) is 0 Å². The molecule has 0 saturated heterocycles. The molecule has 2 aromatic rings. The molecule has 1 N–H and O–H groups in total. The summed E-state index contributed by atoms with van der Waals surface area (Å²) in [6.07, 6.45) is 0.930. The van der Waals surface area contributed by atoms with E-state index < -0.39 is 0 Å². The molecule has 0 spiro atoms. The highest BCUT2D eigenvalue weighted by Gasteiger charge is 2.13. The number of nitrogens with one attached hydrogen (secondary N) is 1. The molecule has 0 aliphatic rings. The van der Waals surface area contributed by atoms with Gasteiger partial charge in [-0.1, -0.05) is 49.2 Å². The number of anilines is 1. The molecule has 0 bridgehead atoms. The van der Waals surface area contributed by atoms with Crippen LogP contribution in [0.2, 0.25) is 10.0 Å². The van der Waals surface area contributed by atoms with Crippen LogP contribution in [0.15, 0.2) is 42.5 Å². The minimum Gasteiger partial charge on any atom is -0.493 e. The van der Waals surface area contributed by atoms with Crippen molar-refractivity contribution in [2.75, 3.05) is 11.9 Å². The first-order chi connectivity index (χ1) is 11.0. The van der Waals surface area contributed by atoms with Crippen LogP contribution in [0, 0.1) is 5.92 Å². The fourth-order valence-electron chi connectivity index (χ4n) is 2.01. The van der Waals surface area contributed by atoms with E-state index in [9.17, 15) is 4.79 Å². The van der Waals surface area contributed by atoms with E-state index in [2.05, 4.69) is 19.2 Å². The van der Waals surface area contributed by atoms with Crippen LogP contribution >= 0.6 is 23.2 Å². The summed E-state index contributed by atoms with van der Waals surface area (Å²) in [4.78, 5) is 12.5. The van der Waals surface area contributed by atoms with Gasteiger partial charge in [-0.05, 0) is 42.7 Å². The highest BCUT2D eigenvalue weighted by Crippen LogP contribution is 2.24. The number of amides is 1. The van der Waals surface area contributed by atoms with Crippen LogP contribution in [-0.2, 0) is 0 Å². The molecular formula is C18H19Cl2NO2. The van der Waals surface area contributed by atoms with E-state index in [-0.39, 0.29) is 5.91 Å². The second-order valence-electron chi connectivity index (χ2n) is 5.64. The summed E-state index contributed by atoms with van der Waals surface area (Å²) in [6.45, 7) is 4.83. The number of benzene rings is 2. The molecule has 122 valence electrons. The second kappa shape index (κ2) is 8.23. The predicted octanol–water partition coefficient (Wildman–Crippen LogP) is 5.67. The van der Waals surface area contributed by atoms with E-state index in [1.54, 1.807) is 36.4 Å². The summed E-state index contributed by atoms with van der Waals surface area (Å²) in [5.74, 6) is 0.854. The van der Waals surface area contributed by atoms with Crippen molar-refractivity contribution in [1.82, 2.24) is 0 Å². The highest BCUT2D eigenvalue weighted by molar-refractivity contribution is 6.35. The van der Waals surface area contributed by atoms with Gasteiger partial charge >= 0.3 is 0 Å². The number of halogens is 2. The highest BCUT2D eigenvalue weighted by atomic mass is 35.5. The molecule has 3 nitrogen and oxygen atoms in total. The third-order valence-corrected chi connectivity index (χ3v) is 3.64. The van der Waals surface area contributed by atoms with Gasteiger partial charge < -0.3 is 10.1 Å². The van der Waals surface area contributed by atoms with Gasteiger partial charge in [-0.2, -0.15) is 0 Å². The number of ether oxygens (including phenoxy) is 1. The smallest absolute Gasteiger partial charge is 0.259 e. The average Bonchev–Trinajstić information content (AvgIpc) is 2.46. The van der Waals surface area contributed by atoms with Gasteiger partial charge in [-0.25, -0.2) is 0 Å². The summed E-state index contributed by atoms with van der Waals surface area (Å²) < 4.78 is 5.74. The van der Waals surface area contributed by atoms with Crippen LogP contribution in [0.25, 0.3) is 0 Å². The number of hydrogen-bond donors (Lipinski definition) is 1. The monoisotopic (exact) mass is 351 g/mol. The lowest BCUT2D eigenvalue weighted by Gasteiger charge is -2.13. The third kappa shape index (κ3) is 5.45. The molecule has 1 amide bonds. The van der Waals surface area contributed by atoms with Crippen molar-refractivity contribution in [3.63, 3.8) is 0 Å². The van der Waals surface area contributed by atoms with Crippen LogP contribution in [0.5, 0.6) is 5.75 Å². The van der Waals surface area contributed by atoms with Gasteiger partial charge in [-0.15, -0.1) is 0 Å². The van der Waals surface area contributed by atoms with Crippen molar-refractivity contribution in [2.24, 2.45) is 5.92 Å². The van der Waals surface area contributed by atoms with Crippen molar-refractivity contribution in [3.8, 4) is 5.75 Å². The number of rotatable bonds is 6. The maximum atomic E-state index is 12.5. The first-order valence-electron chi connectivity index (χ1n) is 7.45. The Labute approximate surface area is 146 Å². The topological polar surface area (TPSA) is 38.3 Å². The quantitative estimate of drug-likeness (QED) is 0.727. The van der Waals surface area contributed by atoms with Gasteiger partial charge in [0.25, 0.3) is 5.91 Å². The summed E-state index contributed by atoms with van der Waals surface area (Å²) in [5, 5.41) is 3.73. The first-order valence-corrected chi connectivity index (χ1v) is 8.20. The molecule has 0 atom stereocenters. The Morgan fingerprint density at radius 3 is 2.43 bits per heavy atom. The van der Waals surface area contributed by atoms with E-state index in [0.717, 1.165) is 6.42 Å². The summed E-state index contributed by atoms with van der Waals surface area (Å²) in [5.41, 5.74) is 1.02. The molecule has 0 aromatic heterocycles. The van der Waals surface area contributed by atoms with Gasteiger partial charge in [0.05, 0.1) is 12.2 Å². The molecule has 0 heterocycles. The van der Waals surface area contributed by atoms with Crippen molar-refractivity contribution in [2.45, 2.75) is 20.3 Å². The largest absolute Gasteiger partial charge is 0.493 e. The molecule has 0 aliphatic heterocycles. The Balaban J connectivity index is 2.12. The molecule has 2 aromatic carbocycles. The zero-order chi connectivity index (χ0) is 16.8. The fourth-order valence-corrected chi connectivity index (χ4v) is 2.54. The molecule has 0 saturated carbocycles. The van der Waals surface area contributed by atoms with E-state index in [4.69, 9.17) is 27.9 Å². The summed E-state index contributed by atoms with van der Waals surface area (Å²) >= 11 is 11.9. The third-order valence-electron chi connectivity index (χ3n) is 3.20. The second-order valence-corrected chi connectivity index (χ2v) is 6.51. The standard InChI is InChI=1S/C18H19Cl2NO2/c1-12(2)7-8-23-17-6-4-3-5-16(17)18(22)21-15-10-13(19)9-14(20)11-15/h3-6,9-12H,7-8H2,1-2H3,(H,21,22). The van der Waals surface area contributed by atoms with Crippen molar-refractivity contribution >= 4 is 34.8 Å². The minimum atomic E-state index is -0.261. The normalized spacial score (nSPS) is 10.7. The SMILES string of the molecule is CC(C)CCOc1ccccc1C(=O)Nc1cc(Cl)cc(Cl)c1. The van der Waals surface area contributed by atoms with E-state index in [1.807, 2.05) is 6.07 Å². The first kappa shape index (κ1) is 17.6. The van der Waals surface area contributed by atoms with E-state index in [1.165, 1.54) is 0 Å². The Kier molecular flexibility index (Phi) is 6.31. The number of carbonyl (C=O) groups is 1. The van der Waals surface area contributed by atoms with Crippen molar-refractivity contribution in [1.29, 1.82) is 0 Å². The summed E-state index contributed by atoms with van der Waals surface area (Å²) in [7, 11) is 0. The van der Waals surface area contributed by atoms with Crippen LogP contribution in [0.4, 0.5) is 5.69 Å². The van der Waals surface area contributed by atoms with Crippen molar-refractivity contribution in [3.05, 3.63) is 58.1 Å². The Hall–Kier alpha value is -1.71. The summed E-state index contributed by atoms with van der Waals surface area (Å²) in [6, 6.07) is 12.1. The molecular weight excluding hydrogens is 333 g/mol. The fraction of sp³-hybridized carbons (Fsp3) is 0.278. The predicted molar refractivity (Wildman–Crippen MR) is 95.8 cm³/mol. The van der Waals surface area contributed by atoms with Gasteiger partial charge in [0.1, 0.15) is 5.75 Å². The van der Waals surface area contributed by atoms with Crippen LogP contribution in [0.1, 0.15) is 30.6 Å². The molecule has 23 heavy (non-hydrogen) atoms. The Morgan fingerprint density at radius 1 is 1.13 bits per heavy atom. The van der Waals surface area contributed by atoms with Crippen molar-refractivity contribution < 1.29 is 9.53 Å². The zero-order valence-electron chi connectivity index (χ0n) is 13.1. The van der Waals surface area contributed by atoms with E-state index >= 15 is 0 Å². The lowest BCUT2D eigenvalue weighted by molar-refractivity contribution is 0.102. The molecule has 0 fully saturated rings. The molecule has 5 heteroatoms. The minimum absolute atomic E-state index is 0.261. The van der Waals surface area contributed by atoms with E-state index in [0.29, 0.717) is 39.6 Å². The Morgan fingerprint density at radius 2 is 1.78 bits per heavy atom. The molecule has 0 unspecified atom stereocenters. The van der Waals surface area contributed by atoms with Gasteiger partial charge in [-0.3, -0.25) is 4.79 Å². The zero-order valence-corrected chi connectivity index (χ0v) is 14.6. The molecule has 2 rings (SSSR count). The van der Waals surface area contributed by atoms with Crippen LogP contribution < -0.4 is 10.1 Å². The number of carbonyl (C=O) groups excluding carboxylic acids is 1. The average molecular weight is 352 g/mol.